The predicted molar refractivity (Wildman–Crippen MR) is 45.1 cm³/mol. The lowest BCUT2D eigenvalue weighted by Crippen LogP contribution is -2.44. The quantitative estimate of drug-likeness (QED) is 0.533. The normalized spacial score (nSPS) is 22.1. The van der Waals surface area contributed by atoms with E-state index in [9.17, 15) is 0 Å². The summed E-state index contributed by atoms with van der Waals surface area (Å²) in [7, 11) is 0. The first-order valence-corrected chi connectivity index (χ1v) is 3.95. The van der Waals surface area contributed by atoms with Gasteiger partial charge in [-0.2, -0.15) is 0 Å². The fourth-order valence-electron chi connectivity index (χ4n) is 0.418. The van der Waals surface area contributed by atoms with Gasteiger partial charge in [0.05, 0.1) is 0 Å². The lowest BCUT2D eigenvalue weighted by Gasteiger charge is -2.17. The molecule has 4 N–H and O–H groups in total. The molecule has 8 heavy (non-hydrogen) atoms. The van der Waals surface area contributed by atoms with Gasteiger partial charge in [0.15, 0.2) is 0 Å². The second kappa shape index (κ2) is 3.63. The molecule has 0 aromatic heterocycles. The van der Waals surface area contributed by atoms with E-state index in [-0.39, 0.29) is 12.1 Å². The fraction of sp³-hybridized carbons (Fsp3) is 1.00. The number of nitrogens with two attached hydrogens (primary N) is 2. The second-order valence-corrected chi connectivity index (χ2v) is 4.08. The van der Waals surface area contributed by atoms with E-state index >= 15 is 0 Å². The van der Waals surface area contributed by atoms with Crippen LogP contribution in [0.3, 0.4) is 0 Å². The fourth-order valence-corrected chi connectivity index (χ4v) is 1.07. The summed E-state index contributed by atoms with van der Waals surface area (Å²) in [6.07, 6.45) is 0. The summed E-state index contributed by atoms with van der Waals surface area (Å²) in [4.78, 5) is 0. The van der Waals surface area contributed by atoms with Gasteiger partial charge in [0, 0.05) is 16.0 Å². The Morgan fingerprint density at radius 3 is 1.62 bits per heavy atom. The third-order valence-corrected chi connectivity index (χ3v) is 1.97. The van der Waals surface area contributed by atoms with Crippen LogP contribution in [-0.4, -0.2) is 16.0 Å². The van der Waals surface area contributed by atoms with Gasteiger partial charge in [-0.05, 0) is 6.92 Å². The minimum atomic E-state index is 0.113. The molecule has 0 heterocycles. The molecule has 0 radical (unpaired) electrons. The molecule has 0 fully saturated rings. The van der Waals surface area contributed by atoms with Crippen LogP contribution in [0.4, 0.5) is 0 Å². The van der Waals surface area contributed by atoms with Crippen molar-refractivity contribution in [2.75, 3.05) is 0 Å². The molecule has 0 spiro atoms. The van der Waals surface area contributed by atoms with Crippen LogP contribution in [0.5, 0.6) is 0 Å². The van der Waals surface area contributed by atoms with Gasteiger partial charge in [-0.1, -0.05) is 29.5 Å². The van der Waals surface area contributed by atoms with Crippen molar-refractivity contribution >= 4 is 22.6 Å². The van der Waals surface area contributed by atoms with Gasteiger partial charge in [0.25, 0.3) is 0 Å². The minimum Gasteiger partial charge on any atom is -0.327 e. The van der Waals surface area contributed by atoms with Crippen molar-refractivity contribution in [2.45, 2.75) is 29.9 Å². The Labute approximate surface area is 64.1 Å². The topological polar surface area (TPSA) is 52.0 Å². The molecule has 0 aromatic carbocycles. The van der Waals surface area contributed by atoms with E-state index in [1.165, 1.54) is 0 Å². The van der Waals surface area contributed by atoms with Crippen LogP contribution in [0.15, 0.2) is 0 Å². The summed E-state index contributed by atoms with van der Waals surface area (Å²) in [6, 6.07) is 0.248. The van der Waals surface area contributed by atoms with Crippen molar-refractivity contribution in [3.8, 4) is 0 Å². The summed E-state index contributed by atoms with van der Waals surface area (Å²) in [6.45, 7) is 3.99. The van der Waals surface area contributed by atoms with Gasteiger partial charge in [0.2, 0.25) is 0 Å². The molecular weight excluding hydrogens is 215 g/mol. The highest BCUT2D eigenvalue weighted by atomic mass is 127. The molecule has 0 aliphatic rings. The van der Waals surface area contributed by atoms with E-state index in [1.54, 1.807) is 0 Å². The maximum atomic E-state index is 5.63. The third kappa shape index (κ3) is 2.84. The van der Waals surface area contributed by atoms with E-state index in [1.807, 2.05) is 6.92 Å². The highest BCUT2D eigenvalue weighted by Crippen LogP contribution is 2.04. The minimum absolute atomic E-state index is 0.113. The van der Waals surface area contributed by atoms with E-state index in [0.717, 1.165) is 0 Å². The summed E-state index contributed by atoms with van der Waals surface area (Å²) in [5.74, 6) is 0. The molecule has 3 heteroatoms. The molecule has 2 nitrogen and oxygen atoms in total. The monoisotopic (exact) mass is 228 g/mol. The molecule has 0 aliphatic carbocycles. The van der Waals surface area contributed by atoms with Crippen LogP contribution in [-0.2, 0) is 0 Å². The van der Waals surface area contributed by atoms with Crippen LogP contribution in [0.2, 0.25) is 0 Å². The molecule has 0 rings (SSSR count). The zero-order valence-corrected chi connectivity index (χ0v) is 7.42. The molecule has 0 bridgehead atoms. The highest BCUT2D eigenvalue weighted by Gasteiger charge is 2.12. The molecule has 0 aliphatic heterocycles. The Bertz CT molecular complexity index is 55.4. The number of rotatable bonds is 2. The van der Waals surface area contributed by atoms with E-state index in [2.05, 4.69) is 29.5 Å². The smallest absolute Gasteiger partial charge is 0.0306 e. The molecule has 3 atom stereocenters. The SMILES string of the molecule is CC(N)C(N)C(C)I. The number of alkyl halides is 1. The van der Waals surface area contributed by atoms with Gasteiger partial charge in [-0.25, -0.2) is 0 Å². The number of hydrogen-bond acceptors (Lipinski definition) is 2. The van der Waals surface area contributed by atoms with E-state index in [4.69, 9.17) is 11.5 Å². The lowest BCUT2D eigenvalue weighted by atomic mass is 10.1. The Balaban J connectivity index is 3.46. The Kier molecular flexibility index (Phi) is 3.93. The van der Waals surface area contributed by atoms with Gasteiger partial charge >= 0.3 is 0 Å². The van der Waals surface area contributed by atoms with Crippen molar-refractivity contribution in [3.63, 3.8) is 0 Å². The molecule has 0 saturated carbocycles. The molecule has 0 saturated heterocycles. The first kappa shape index (κ1) is 8.65. The molecular formula is C5H13IN2. The Morgan fingerprint density at radius 2 is 1.62 bits per heavy atom. The largest absolute Gasteiger partial charge is 0.327 e. The summed E-state index contributed by atoms with van der Waals surface area (Å²) in [5, 5.41) is 0. The van der Waals surface area contributed by atoms with Gasteiger partial charge in [-0.15, -0.1) is 0 Å². The summed E-state index contributed by atoms with van der Waals surface area (Å²) >= 11 is 2.28. The van der Waals surface area contributed by atoms with Crippen molar-refractivity contribution < 1.29 is 0 Å². The van der Waals surface area contributed by atoms with Crippen molar-refractivity contribution in [1.29, 1.82) is 0 Å². The molecule has 0 amide bonds. The second-order valence-electron chi connectivity index (χ2n) is 2.11. The zero-order valence-electron chi connectivity index (χ0n) is 5.26. The average Bonchev–Trinajstić information content (AvgIpc) is 1.64. The van der Waals surface area contributed by atoms with Crippen molar-refractivity contribution in [1.82, 2.24) is 0 Å². The average molecular weight is 228 g/mol. The third-order valence-electron chi connectivity index (χ3n) is 1.14. The number of halogens is 1. The van der Waals surface area contributed by atoms with E-state index < -0.39 is 0 Å². The van der Waals surface area contributed by atoms with Crippen molar-refractivity contribution in [2.24, 2.45) is 11.5 Å². The Morgan fingerprint density at radius 1 is 1.25 bits per heavy atom. The molecule has 50 valence electrons. The summed E-state index contributed by atoms with van der Waals surface area (Å²) < 4.78 is 0.465. The zero-order chi connectivity index (χ0) is 6.73. The summed E-state index contributed by atoms with van der Waals surface area (Å²) in [5.41, 5.74) is 11.1. The predicted octanol–water partition coefficient (Wildman–Crippen LogP) is 0.484. The standard InChI is InChI=1S/C5H13IN2/c1-3(6)5(8)4(2)7/h3-5H,7-8H2,1-2H3. The van der Waals surface area contributed by atoms with Crippen LogP contribution in [0.25, 0.3) is 0 Å². The van der Waals surface area contributed by atoms with E-state index in [0.29, 0.717) is 3.92 Å². The Hall–Kier alpha value is 0.650. The first-order valence-electron chi connectivity index (χ1n) is 2.71. The molecule has 0 aromatic rings. The lowest BCUT2D eigenvalue weighted by molar-refractivity contribution is 0.566. The van der Waals surface area contributed by atoms with Crippen LogP contribution in [0.1, 0.15) is 13.8 Å². The maximum Gasteiger partial charge on any atom is 0.0306 e. The molecule has 3 unspecified atom stereocenters. The first-order chi connectivity index (χ1) is 3.55. The van der Waals surface area contributed by atoms with Crippen LogP contribution in [0, 0.1) is 0 Å². The van der Waals surface area contributed by atoms with Crippen molar-refractivity contribution in [3.05, 3.63) is 0 Å². The van der Waals surface area contributed by atoms with Crippen LogP contribution >= 0.6 is 22.6 Å². The maximum absolute atomic E-state index is 5.63. The highest BCUT2D eigenvalue weighted by molar-refractivity contribution is 14.1. The number of hydrogen-bond donors (Lipinski definition) is 2. The van der Waals surface area contributed by atoms with Gasteiger partial charge < -0.3 is 11.5 Å². The van der Waals surface area contributed by atoms with Crippen LogP contribution < -0.4 is 11.5 Å². The van der Waals surface area contributed by atoms with Gasteiger partial charge in [-0.3, -0.25) is 0 Å². The van der Waals surface area contributed by atoms with Gasteiger partial charge in [0.1, 0.15) is 0 Å².